The molecule has 0 aromatic heterocycles. The highest BCUT2D eigenvalue weighted by molar-refractivity contribution is 7.80. The standard InChI is InChI=1S/C13H21N5O7S/c19-11(8-2-1-5-14-6-8)15-16-12(20)10-4-3-9-7-17(10)13(21)18(9)25-26(22,23)24/h8-10,14H,1-7H2,(H,15,19)(H,16,20)(H,22,23,24)/t8-,9+,10+/m1/s1. The number of urea groups is 1. The van der Waals surface area contributed by atoms with Gasteiger partial charge < -0.3 is 10.2 Å². The summed E-state index contributed by atoms with van der Waals surface area (Å²) in [6, 6.07) is -2.26. The molecule has 3 saturated heterocycles. The molecule has 0 aromatic rings. The number of carbonyl (C=O) groups excluding carboxylic acids is 3. The average molecular weight is 391 g/mol. The van der Waals surface area contributed by atoms with Gasteiger partial charge in [-0.25, -0.2) is 4.79 Å². The molecule has 3 fully saturated rings. The van der Waals surface area contributed by atoms with Crippen LogP contribution in [0.2, 0.25) is 0 Å². The zero-order valence-electron chi connectivity index (χ0n) is 13.9. The monoisotopic (exact) mass is 391 g/mol. The largest absolute Gasteiger partial charge is 0.418 e. The van der Waals surface area contributed by atoms with Gasteiger partial charge in [-0.3, -0.25) is 25.0 Å². The first-order valence-electron chi connectivity index (χ1n) is 8.33. The summed E-state index contributed by atoms with van der Waals surface area (Å²) in [5.41, 5.74) is 4.70. The fraction of sp³-hybridized carbons (Fsp3) is 0.769. The maximum Gasteiger partial charge on any atom is 0.418 e. The average Bonchev–Trinajstić information content (AvgIpc) is 2.84. The van der Waals surface area contributed by atoms with Crippen LogP contribution in [0.3, 0.4) is 0 Å². The summed E-state index contributed by atoms with van der Waals surface area (Å²) >= 11 is 0. The molecule has 0 spiro atoms. The van der Waals surface area contributed by atoms with Crippen LogP contribution in [0.15, 0.2) is 0 Å². The molecule has 3 heterocycles. The molecule has 146 valence electrons. The van der Waals surface area contributed by atoms with Crippen molar-refractivity contribution >= 4 is 28.2 Å². The Morgan fingerprint density at radius 3 is 2.58 bits per heavy atom. The van der Waals surface area contributed by atoms with E-state index in [9.17, 15) is 22.8 Å². The molecule has 0 radical (unpaired) electrons. The number of rotatable bonds is 4. The van der Waals surface area contributed by atoms with Crippen molar-refractivity contribution in [3.05, 3.63) is 0 Å². The van der Waals surface area contributed by atoms with Crippen molar-refractivity contribution in [3.63, 3.8) is 0 Å². The summed E-state index contributed by atoms with van der Waals surface area (Å²) in [7, 11) is -4.84. The highest BCUT2D eigenvalue weighted by Gasteiger charge is 2.49. The van der Waals surface area contributed by atoms with E-state index >= 15 is 0 Å². The zero-order chi connectivity index (χ0) is 18.9. The first-order chi connectivity index (χ1) is 12.3. The van der Waals surface area contributed by atoms with E-state index in [-0.39, 0.29) is 24.8 Å². The summed E-state index contributed by atoms with van der Waals surface area (Å²) < 4.78 is 34.8. The van der Waals surface area contributed by atoms with E-state index in [1.54, 1.807) is 0 Å². The fourth-order valence-electron chi connectivity index (χ4n) is 3.49. The van der Waals surface area contributed by atoms with Gasteiger partial charge in [0.05, 0.1) is 12.0 Å². The molecule has 0 aromatic carbocycles. The lowest BCUT2D eigenvalue weighted by atomic mass is 9.99. The van der Waals surface area contributed by atoms with Crippen LogP contribution in [0, 0.1) is 5.92 Å². The lowest BCUT2D eigenvalue weighted by molar-refractivity contribution is -0.133. The Kier molecular flexibility index (Phi) is 5.32. The lowest BCUT2D eigenvalue weighted by Gasteiger charge is -2.29. The minimum atomic E-state index is -4.84. The summed E-state index contributed by atoms with van der Waals surface area (Å²) in [5.74, 6) is -1.10. The summed E-state index contributed by atoms with van der Waals surface area (Å²) in [6.07, 6.45) is 2.19. The third kappa shape index (κ3) is 4.06. The minimum absolute atomic E-state index is 0.0902. The molecule has 4 amide bonds. The molecule has 4 N–H and O–H groups in total. The molecule has 26 heavy (non-hydrogen) atoms. The van der Waals surface area contributed by atoms with E-state index in [0.717, 1.165) is 24.3 Å². The highest BCUT2D eigenvalue weighted by atomic mass is 32.3. The van der Waals surface area contributed by atoms with Crippen LogP contribution in [0.5, 0.6) is 0 Å². The van der Waals surface area contributed by atoms with Gasteiger partial charge in [0.25, 0.3) is 5.91 Å². The minimum Gasteiger partial charge on any atom is -0.316 e. The second-order valence-electron chi connectivity index (χ2n) is 6.53. The van der Waals surface area contributed by atoms with Gasteiger partial charge in [-0.2, -0.15) is 13.5 Å². The summed E-state index contributed by atoms with van der Waals surface area (Å²) in [6.45, 7) is 1.49. The maximum atomic E-state index is 12.3. The Balaban J connectivity index is 1.56. The molecule has 0 aliphatic carbocycles. The van der Waals surface area contributed by atoms with E-state index in [4.69, 9.17) is 4.55 Å². The van der Waals surface area contributed by atoms with E-state index in [1.807, 2.05) is 0 Å². The highest BCUT2D eigenvalue weighted by Crippen LogP contribution is 2.30. The number of carbonyl (C=O) groups is 3. The molecule has 3 aliphatic rings. The van der Waals surface area contributed by atoms with Gasteiger partial charge in [-0.1, -0.05) is 0 Å². The second kappa shape index (κ2) is 7.34. The SMILES string of the molecule is O=C(NNC(=O)[C@@H]1CC[C@H]2CN1C(=O)N2OS(=O)(=O)O)[C@@H]1CCCNC1. The van der Waals surface area contributed by atoms with Gasteiger partial charge in [0.2, 0.25) is 5.91 Å². The number of hydrogen-bond donors (Lipinski definition) is 4. The van der Waals surface area contributed by atoms with Gasteiger partial charge >= 0.3 is 16.4 Å². The molecule has 3 aliphatic heterocycles. The maximum absolute atomic E-state index is 12.3. The van der Waals surface area contributed by atoms with Crippen LogP contribution in [-0.2, 0) is 24.3 Å². The smallest absolute Gasteiger partial charge is 0.316 e. The number of piperidine rings is 2. The number of amides is 4. The second-order valence-corrected chi connectivity index (χ2v) is 7.54. The number of hydrazine groups is 1. The molecule has 0 saturated carbocycles. The van der Waals surface area contributed by atoms with Crippen molar-refractivity contribution < 1.29 is 31.6 Å². The van der Waals surface area contributed by atoms with Crippen molar-refractivity contribution in [3.8, 4) is 0 Å². The third-order valence-corrected chi connectivity index (χ3v) is 5.13. The van der Waals surface area contributed by atoms with Crippen molar-refractivity contribution in [2.24, 2.45) is 5.92 Å². The van der Waals surface area contributed by atoms with Gasteiger partial charge in [0, 0.05) is 13.1 Å². The Labute approximate surface area is 150 Å². The van der Waals surface area contributed by atoms with Gasteiger partial charge in [-0.15, -0.1) is 4.28 Å². The van der Waals surface area contributed by atoms with Crippen LogP contribution < -0.4 is 16.2 Å². The molecule has 2 bridgehead atoms. The number of nitrogens with one attached hydrogen (secondary N) is 3. The Bertz CT molecular complexity index is 693. The number of hydroxylamine groups is 2. The Morgan fingerprint density at radius 2 is 1.92 bits per heavy atom. The first-order valence-corrected chi connectivity index (χ1v) is 9.70. The molecule has 3 rings (SSSR count). The molecular weight excluding hydrogens is 370 g/mol. The molecule has 13 heteroatoms. The van der Waals surface area contributed by atoms with Crippen LogP contribution in [0.25, 0.3) is 0 Å². The van der Waals surface area contributed by atoms with E-state index < -0.39 is 34.4 Å². The topological polar surface area (TPSA) is 157 Å². The molecule has 12 nitrogen and oxygen atoms in total. The van der Waals surface area contributed by atoms with Crippen LogP contribution in [0.1, 0.15) is 25.7 Å². The third-order valence-electron chi connectivity index (χ3n) is 4.78. The fourth-order valence-corrected chi connectivity index (χ4v) is 3.88. The number of nitrogens with zero attached hydrogens (tertiary/aromatic N) is 2. The predicted octanol–water partition coefficient (Wildman–Crippen LogP) is -1.86. The van der Waals surface area contributed by atoms with Gasteiger partial charge in [-0.05, 0) is 32.2 Å². The van der Waals surface area contributed by atoms with Crippen molar-refractivity contribution in [2.75, 3.05) is 19.6 Å². The van der Waals surface area contributed by atoms with Crippen molar-refractivity contribution in [2.45, 2.75) is 37.8 Å². The molecule has 0 unspecified atom stereocenters. The first kappa shape index (κ1) is 18.8. The number of hydrogen-bond acceptors (Lipinski definition) is 7. The Morgan fingerprint density at radius 1 is 1.19 bits per heavy atom. The number of fused-ring (bicyclic) bond motifs is 2. The van der Waals surface area contributed by atoms with Crippen LogP contribution in [0.4, 0.5) is 4.79 Å². The molecule has 3 atom stereocenters. The van der Waals surface area contributed by atoms with E-state index in [2.05, 4.69) is 20.5 Å². The Hall–Kier alpha value is -1.96. The van der Waals surface area contributed by atoms with Crippen LogP contribution >= 0.6 is 0 Å². The summed E-state index contributed by atoms with van der Waals surface area (Å²) in [5, 5.41) is 3.67. The predicted molar refractivity (Wildman–Crippen MR) is 85.3 cm³/mol. The van der Waals surface area contributed by atoms with Crippen molar-refractivity contribution in [1.82, 2.24) is 26.1 Å². The van der Waals surface area contributed by atoms with Gasteiger partial charge in [0.15, 0.2) is 0 Å². The van der Waals surface area contributed by atoms with Gasteiger partial charge in [0.1, 0.15) is 6.04 Å². The zero-order valence-corrected chi connectivity index (χ0v) is 14.7. The normalized spacial score (nSPS) is 28.8. The molecular formula is C13H21N5O7S. The van der Waals surface area contributed by atoms with Crippen LogP contribution in [-0.4, -0.2) is 72.5 Å². The van der Waals surface area contributed by atoms with Crippen molar-refractivity contribution in [1.29, 1.82) is 0 Å². The van der Waals surface area contributed by atoms with E-state index in [0.29, 0.717) is 18.0 Å². The lowest BCUT2D eigenvalue weighted by Crippen LogP contribution is -2.55. The quantitative estimate of drug-likeness (QED) is 0.321. The van der Waals surface area contributed by atoms with E-state index in [1.165, 1.54) is 0 Å². The summed E-state index contributed by atoms with van der Waals surface area (Å²) in [4.78, 5) is 37.8.